The van der Waals surface area contributed by atoms with E-state index in [9.17, 15) is 5.11 Å². The van der Waals surface area contributed by atoms with Crippen LogP contribution >= 0.6 is 11.8 Å². The van der Waals surface area contributed by atoms with Crippen molar-refractivity contribution >= 4 is 11.8 Å². The van der Waals surface area contributed by atoms with Gasteiger partial charge in [-0.3, -0.25) is 0 Å². The van der Waals surface area contributed by atoms with Gasteiger partial charge in [0.25, 0.3) is 0 Å². The summed E-state index contributed by atoms with van der Waals surface area (Å²) in [5, 5.41) is 13.3. The maximum absolute atomic E-state index is 9.74. The molecule has 0 radical (unpaired) electrons. The van der Waals surface area contributed by atoms with Crippen LogP contribution in [0.25, 0.3) is 0 Å². The van der Waals surface area contributed by atoms with Crippen molar-refractivity contribution in [2.45, 2.75) is 31.1 Å². The number of aliphatic hydroxyl groups is 1. The number of benzene rings is 1. The zero-order valence-electron chi connectivity index (χ0n) is 11.1. The molecule has 1 aromatic rings. The fourth-order valence-corrected chi connectivity index (χ4v) is 3.78. The van der Waals surface area contributed by atoms with Crippen molar-refractivity contribution in [2.24, 2.45) is 5.92 Å². The van der Waals surface area contributed by atoms with Crippen LogP contribution in [0.3, 0.4) is 0 Å². The molecule has 1 saturated carbocycles. The van der Waals surface area contributed by atoms with Gasteiger partial charge in [0.1, 0.15) is 0 Å². The standard InChI is InChI=1S/C15H23NOS/c1-2-16-15(11-17,14-8-9-14)12-18-10-13-6-4-3-5-7-13/h3-7,14,16-17H,2,8-12H2,1H3. The summed E-state index contributed by atoms with van der Waals surface area (Å²) in [4.78, 5) is 0. The highest BCUT2D eigenvalue weighted by molar-refractivity contribution is 7.98. The molecule has 2 nitrogen and oxygen atoms in total. The molecule has 3 heteroatoms. The van der Waals surface area contributed by atoms with Crippen LogP contribution in [0.5, 0.6) is 0 Å². The predicted molar refractivity (Wildman–Crippen MR) is 78.8 cm³/mol. The lowest BCUT2D eigenvalue weighted by molar-refractivity contribution is 0.161. The first kappa shape index (κ1) is 13.9. The fourth-order valence-electron chi connectivity index (χ4n) is 2.46. The average molecular weight is 265 g/mol. The molecule has 0 aromatic heterocycles. The van der Waals surface area contributed by atoms with Crippen LogP contribution in [0.2, 0.25) is 0 Å². The van der Waals surface area contributed by atoms with Crippen LogP contribution in [0.1, 0.15) is 25.3 Å². The zero-order valence-corrected chi connectivity index (χ0v) is 11.9. The summed E-state index contributed by atoms with van der Waals surface area (Å²) in [6.07, 6.45) is 2.53. The second kappa shape index (κ2) is 6.60. The van der Waals surface area contributed by atoms with Crippen LogP contribution < -0.4 is 5.32 Å². The zero-order chi connectivity index (χ0) is 12.8. The Hall–Kier alpha value is -0.510. The Kier molecular flexibility index (Phi) is 5.10. The Morgan fingerprint density at radius 2 is 2.06 bits per heavy atom. The van der Waals surface area contributed by atoms with Crippen molar-refractivity contribution in [1.29, 1.82) is 0 Å². The molecule has 0 heterocycles. The summed E-state index contributed by atoms with van der Waals surface area (Å²) in [5.74, 6) is 2.70. The molecule has 100 valence electrons. The van der Waals surface area contributed by atoms with Crippen LogP contribution in [0.15, 0.2) is 30.3 Å². The first-order valence-corrected chi connectivity index (χ1v) is 7.94. The third-order valence-corrected chi connectivity index (χ3v) is 4.90. The molecule has 0 amide bonds. The van der Waals surface area contributed by atoms with E-state index < -0.39 is 0 Å². The first-order chi connectivity index (χ1) is 8.80. The summed E-state index contributed by atoms with van der Waals surface area (Å²) >= 11 is 1.92. The molecule has 0 bridgehead atoms. The predicted octanol–water partition coefficient (Wildman–Crippen LogP) is 2.67. The van der Waals surface area contributed by atoms with Crippen LogP contribution in [-0.4, -0.2) is 29.5 Å². The van der Waals surface area contributed by atoms with Gasteiger partial charge in [-0.25, -0.2) is 0 Å². The molecule has 1 aliphatic rings. The van der Waals surface area contributed by atoms with E-state index in [1.807, 2.05) is 11.8 Å². The summed E-state index contributed by atoms with van der Waals surface area (Å²) in [6.45, 7) is 3.31. The SMILES string of the molecule is CCNC(CO)(CSCc1ccccc1)C1CC1. The lowest BCUT2D eigenvalue weighted by atomic mass is 9.97. The smallest absolute Gasteiger partial charge is 0.0624 e. The van der Waals surface area contributed by atoms with E-state index in [2.05, 4.69) is 42.6 Å². The number of rotatable bonds is 8. The summed E-state index contributed by atoms with van der Waals surface area (Å²) in [5.41, 5.74) is 1.32. The Labute approximate surface area is 114 Å². The molecule has 0 saturated heterocycles. The van der Waals surface area contributed by atoms with Crippen molar-refractivity contribution in [1.82, 2.24) is 5.32 Å². The first-order valence-electron chi connectivity index (χ1n) is 6.78. The van der Waals surface area contributed by atoms with Crippen molar-refractivity contribution in [3.8, 4) is 0 Å². The van der Waals surface area contributed by atoms with Gasteiger partial charge in [-0.2, -0.15) is 11.8 Å². The van der Waals surface area contributed by atoms with Crippen molar-refractivity contribution in [2.75, 3.05) is 18.9 Å². The molecule has 1 unspecified atom stereocenters. The average Bonchev–Trinajstić information content (AvgIpc) is 3.24. The molecular formula is C15H23NOS. The van der Waals surface area contributed by atoms with E-state index in [1.54, 1.807) is 0 Å². The van der Waals surface area contributed by atoms with E-state index in [-0.39, 0.29) is 12.1 Å². The molecule has 1 fully saturated rings. The molecule has 2 rings (SSSR count). The maximum Gasteiger partial charge on any atom is 0.0624 e. The number of likely N-dealkylation sites (N-methyl/N-ethyl adjacent to an activating group) is 1. The number of nitrogens with one attached hydrogen (secondary N) is 1. The van der Waals surface area contributed by atoms with Crippen LogP contribution in [0.4, 0.5) is 0 Å². The number of aliphatic hydroxyl groups excluding tert-OH is 1. The molecule has 18 heavy (non-hydrogen) atoms. The highest BCUT2D eigenvalue weighted by Gasteiger charge is 2.43. The van der Waals surface area contributed by atoms with E-state index in [4.69, 9.17) is 0 Å². The van der Waals surface area contributed by atoms with E-state index >= 15 is 0 Å². The number of hydrogen-bond donors (Lipinski definition) is 2. The third kappa shape index (κ3) is 3.50. The maximum atomic E-state index is 9.74. The van der Waals surface area contributed by atoms with Gasteiger partial charge in [0, 0.05) is 11.5 Å². The van der Waals surface area contributed by atoms with Crippen LogP contribution in [0, 0.1) is 5.92 Å². The summed E-state index contributed by atoms with van der Waals surface area (Å²) < 4.78 is 0. The highest BCUT2D eigenvalue weighted by atomic mass is 32.2. The minimum atomic E-state index is -0.0474. The van der Waals surface area contributed by atoms with Gasteiger partial charge >= 0.3 is 0 Å². The topological polar surface area (TPSA) is 32.3 Å². The summed E-state index contributed by atoms with van der Waals surface area (Å²) in [6, 6.07) is 10.5. The van der Waals surface area contributed by atoms with E-state index in [1.165, 1.54) is 18.4 Å². The van der Waals surface area contributed by atoms with Gasteiger partial charge in [0.05, 0.1) is 12.1 Å². The van der Waals surface area contributed by atoms with E-state index in [0.717, 1.165) is 18.1 Å². The minimum absolute atomic E-state index is 0.0474. The Balaban J connectivity index is 1.86. The normalized spacial score (nSPS) is 18.6. The number of hydrogen-bond acceptors (Lipinski definition) is 3. The van der Waals surface area contributed by atoms with E-state index in [0.29, 0.717) is 5.92 Å². The van der Waals surface area contributed by atoms with Gasteiger partial charge in [0.15, 0.2) is 0 Å². The second-order valence-electron chi connectivity index (χ2n) is 5.10. The van der Waals surface area contributed by atoms with Crippen molar-refractivity contribution in [3.63, 3.8) is 0 Å². The monoisotopic (exact) mass is 265 g/mol. The number of thioether (sulfide) groups is 1. The lowest BCUT2D eigenvalue weighted by Crippen LogP contribution is -2.52. The molecule has 0 spiro atoms. The molecular weight excluding hydrogens is 242 g/mol. The van der Waals surface area contributed by atoms with Crippen LogP contribution in [-0.2, 0) is 5.75 Å². The lowest BCUT2D eigenvalue weighted by Gasteiger charge is -2.33. The van der Waals surface area contributed by atoms with Gasteiger partial charge < -0.3 is 10.4 Å². The van der Waals surface area contributed by atoms with Gasteiger partial charge in [-0.1, -0.05) is 37.3 Å². The minimum Gasteiger partial charge on any atom is -0.394 e. The van der Waals surface area contributed by atoms with Gasteiger partial charge in [0.2, 0.25) is 0 Å². The molecule has 2 N–H and O–H groups in total. The van der Waals surface area contributed by atoms with Crippen molar-refractivity contribution in [3.05, 3.63) is 35.9 Å². The molecule has 0 aliphatic heterocycles. The molecule has 1 atom stereocenters. The largest absolute Gasteiger partial charge is 0.394 e. The van der Waals surface area contributed by atoms with Gasteiger partial charge in [-0.05, 0) is 30.9 Å². The molecule has 1 aromatic carbocycles. The second-order valence-corrected chi connectivity index (χ2v) is 6.08. The Morgan fingerprint density at radius 1 is 1.33 bits per heavy atom. The van der Waals surface area contributed by atoms with Crippen molar-refractivity contribution < 1.29 is 5.11 Å². The Bertz CT molecular complexity index is 353. The molecule has 1 aliphatic carbocycles. The van der Waals surface area contributed by atoms with Gasteiger partial charge in [-0.15, -0.1) is 0 Å². The third-order valence-electron chi connectivity index (χ3n) is 3.64. The Morgan fingerprint density at radius 3 is 2.61 bits per heavy atom. The highest BCUT2D eigenvalue weighted by Crippen LogP contribution is 2.41. The fraction of sp³-hybridized carbons (Fsp3) is 0.600. The summed E-state index contributed by atoms with van der Waals surface area (Å²) in [7, 11) is 0. The quantitative estimate of drug-likeness (QED) is 0.758.